The summed E-state index contributed by atoms with van der Waals surface area (Å²) >= 11 is 0. The van der Waals surface area contributed by atoms with E-state index in [4.69, 9.17) is 9.84 Å². The Labute approximate surface area is 210 Å². The summed E-state index contributed by atoms with van der Waals surface area (Å²) in [7, 11) is 0. The Balaban J connectivity index is 1.80. The molecule has 0 bridgehead atoms. The van der Waals surface area contributed by atoms with E-state index in [1.165, 1.54) is 13.8 Å². The minimum absolute atomic E-state index is 0.000547. The van der Waals surface area contributed by atoms with Gasteiger partial charge in [-0.1, -0.05) is 6.07 Å². The van der Waals surface area contributed by atoms with Crippen LogP contribution < -0.4 is 4.90 Å². The Kier molecular flexibility index (Phi) is 7.48. The number of morpholine rings is 1. The van der Waals surface area contributed by atoms with Gasteiger partial charge in [-0.05, 0) is 81.1 Å². The molecule has 2 aliphatic rings. The standard InChI is InChI=1S/C28H33F3N2O3/c1-17-11-20-14-21(32-9-10-36-18(2)15-32)6-7-22(20)27(33(17)16-28(3,4)31)26-23(29)12-19(13-24(26)30)5-8-25(34)35/h5-8,12-14,17-18,27H,9-11,15-16H2,1-4H3,(H,34,35)/b8-5+. The molecular formula is C28H33F3N2O3. The van der Waals surface area contributed by atoms with Gasteiger partial charge >= 0.3 is 5.97 Å². The fourth-order valence-corrected chi connectivity index (χ4v) is 5.29. The molecule has 36 heavy (non-hydrogen) atoms. The summed E-state index contributed by atoms with van der Waals surface area (Å²) in [5.74, 6) is -2.80. The lowest BCUT2D eigenvalue weighted by Gasteiger charge is -2.44. The second kappa shape index (κ2) is 10.3. The topological polar surface area (TPSA) is 53.0 Å². The van der Waals surface area contributed by atoms with Gasteiger partial charge in [-0.25, -0.2) is 18.0 Å². The smallest absolute Gasteiger partial charge is 0.328 e. The molecule has 1 saturated heterocycles. The summed E-state index contributed by atoms with van der Waals surface area (Å²) in [6.07, 6.45) is 2.71. The third-order valence-corrected chi connectivity index (χ3v) is 6.79. The Morgan fingerprint density at radius 1 is 1.19 bits per heavy atom. The van der Waals surface area contributed by atoms with E-state index in [0.29, 0.717) is 13.0 Å². The van der Waals surface area contributed by atoms with Crippen LogP contribution in [0.4, 0.5) is 18.9 Å². The van der Waals surface area contributed by atoms with Gasteiger partial charge in [-0.3, -0.25) is 4.90 Å². The molecule has 0 spiro atoms. The second-order valence-electron chi connectivity index (χ2n) is 10.4. The van der Waals surface area contributed by atoms with Crippen LogP contribution in [0.2, 0.25) is 0 Å². The second-order valence-corrected chi connectivity index (χ2v) is 10.4. The highest BCUT2D eigenvalue weighted by Crippen LogP contribution is 2.42. The van der Waals surface area contributed by atoms with Crippen molar-refractivity contribution >= 4 is 17.7 Å². The highest BCUT2D eigenvalue weighted by atomic mass is 19.1. The number of halogens is 3. The number of benzene rings is 2. The zero-order valence-corrected chi connectivity index (χ0v) is 21.1. The Bertz CT molecular complexity index is 1140. The van der Waals surface area contributed by atoms with Crippen LogP contribution in [-0.4, -0.2) is 60.0 Å². The van der Waals surface area contributed by atoms with E-state index >= 15 is 8.78 Å². The van der Waals surface area contributed by atoms with Gasteiger partial charge in [0.2, 0.25) is 0 Å². The van der Waals surface area contributed by atoms with Gasteiger partial charge in [0.1, 0.15) is 17.3 Å². The summed E-state index contributed by atoms with van der Waals surface area (Å²) < 4.78 is 51.5. The molecule has 2 aromatic rings. The SMILES string of the molecule is CC1CN(c2ccc3c(c2)CC(C)N(CC(C)(C)F)C3c2c(F)cc(/C=C/C(=O)O)cc2F)CCO1. The summed E-state index contributed by atoms with van der Waals surface area (Å²) in [5.41, 5.74) is 1.12. The molecule has 3 unspecified atom stereocenters. The van der Waals surface area contributed by atoms with E-state index in [-0.39, 0.29) is 29.8 Å². The summed E-state index contributed by atoms with van der Waals surface area (Å²) in [6.45, 7) is 9.05. The number of alkyl halides is 1. The molecule has 0 aromatic heterocycles. The fourth-order valence-electron chi connectivity index (χ4n) is 5.29. The van der Waals surface area contributed by atoms with Gasteiger partial charge < -0.3 is 14.7 Å². The lowest BCUT2D eigenvalue weighted by Crippen LogP contribution is -2.48. The van der Waals surface area contributed by atoms with Crippen molar-refractivity contribution in [3.8, 4) is 0 Å². The quantitative estimate of drug-likeness (QED) is 0.538. The Morgan fingerprint density at radius 3 is 2.50 bits per heavy atom. The number of carboxylic acid groups (broad SMARTS) is 1. The fraction of sp³-hybridized carbons (Fsp3) is 0.464. The summed E-state index contributed by atoms with van der Waals surface area (Å²) in [4.78, 5) is 14.9. The van der Waals surface area contributed by atoms with Crippen molar-refractivity contribution < 1.29 is 27.8 Å². The average molecular weight is 503 g/mol. The van der Waals surface area contributed by atoms with E-state index in [1.54, 1.807) is 0 Å². The van der Waals surface area contributed by atoms with Crippen LogP contribution in [0.1, 0.15) is 56.0 Å². The first-order chi connectivity index (χ1) is 16.9. The minimum Gasteiger partial charge on any atom is -0.478 e. The molecule has 4 rings (SSSR count). The van der Waals surface area contributed by atoms with Gasteiger partial charge in [0, 0.05) is 43.0 Å². The van der Waals surface area contributed by atoms with Crippen LogP contribution in [0, 0.1) is 11.6 Å². The average Bonchev–Trinajstić information content (AvgIpc) is 2.78. The van der Waals surface area contributed by atoms with E-state index in [1.807, 2.05) is 30.9 Å². The molecule has 0 saturated carbocycles. The van der Waals surface area contributed by atoms with Crippen molar-refractivity contribution in [1.29, 1.82) is 0 Å². The summed E-state index contributed by atoms with van der Waals surface area (Å²) in [6, 6.07) is 7.19. The van der Waals surface area contributed by atoms with Gasteiger partial charge in [-0.15, -0.1) is 0 Å². The minimum atomic E-state index is -1.58. The molecular weight excluding hydrogens is 469 g/mol. The predicted molar refractivity (Wildman–Crippen MR) is 134 cm³/mol. The molecule has 2 heterocycles. The molecule has 8 heteroatoms. The molecule has 1 N–H and O–H groups in total. The highest BCUT2D eigenvalue weighted by Gasteiger charge is 2.39. The first-order valence-electron chi connectivity index (χ1n) is 12.3. The number of aliphatic carboxylic acids is 1. The number of ether oxygens (including phenoxy) is 1. The van der Waals surface area contributed by atoms with Gasteiger partial charge in [0.15, 0.2) is 0 Å². The maximum Gasteiger partial charge on any atom is 0.328 e. The number of carboxylic acids is 1. The molecule has 0 aliphatic carbocycles. The zero-order chi connectivity index (χ0) is 26.2. The maximum absolute atomic E-state index is 15.5. The van der Waals surface area contributed by atoms with Crippen LogP contribution in [0.25, 0.3) is 6.08 Å². The molecule has 3 atom stereocenters. The van der Waals surface area contributed by atoms with E-state index in [2.05, 4.69) is 11.0 Å². The Hall–Kier alpha value is -2.84. The van der Waals surface area contributed by atoms with Gasteiger partial charge in [0.25, 0.3) is 0 Å². The van der Waals surface area contributed by atoms with Crippen molar-refractivity contribution in [1.82, 2.24) is 4.90 Å². The predicted octanol–water partition coefficient (Wildman–Crippen LogP) is 5.37. The number of anilines is 1. The molecule has 0 radical (unpaired) electrons. The largest absolute Gasteiger partial charge is 0.478 e. The lowest BCUT2D eigenvalue weighted by molar-refractivity contribution is -0.131. The van der Waals surface area contributed by atoms with Crippen molar-refractivity contribution in [2.24, 2.45) is 0 Å². The number of carbonyl (C=O) groups is 1. The molecule has 2 aromatic carbocycles. The van der Waals surface area contributed by atoms with Crippen LogP contribution >= 0.6 is 0 Å². The van der Waals surface area contributed by atoms with Crippen LogP contribution in [0.5, 0.6) is 0 Å². The third kappa shape index (κ3) is 5.76. The van der Waals surface area contributed by atoms with Crippen LogP contribution in [0.15, 0.2) is 36.4 Å². The highest BCUT2D eigenvalue weighted by molar-refractivity contribution is 5.85. The molecule has 2 aliphatic heterocycles. The first kappa shape index (κ1) is 26.2. The van der Waals surface area contributed by atoms with E-state index in [0.717, 1.165) is 54.2 Å². The third-order valence-electron chi connectivity index (χ3n) is 6.79. The van der Waals surface area contributed by atoms with Crippen molar-refractivity contribution in [2.75, 3.05) is 31.1 Å². The zero-order valence-electron chi connectivity index (χ0n) is 21.1. The normalized spacial score (nSPS) is 23.2. The number of fused-ring (bicyclic) bond motifs is 1. The van der Waals surface area contributed by atoms with Crippen LogP contribution in [0.3, 0.4) is 0 Å². The lowest BCUT2D eigenvalue weighted by atomic mass is 9.83. The summed E-state index contributed by atoms with van der Waals surface area (Å²) in [5, 5.41) is 8.86. The molecule has 0 amide bonds. The first-order valence-corrected chi connectivity index (χ1v) is 12.3. The van der Waals surface area contributed by atoms with Gasteiger partial charge in [0.05, 0.1) is 18.8 Å². The van der Waals surface area contributed by atoms with Crippen LogP contribution in [-0.2, 0) is 16.0 Å². The number of hydrogen-bond donors (Lipinski definition) is 1. The maximum atomic E-state index is 15.5. The van der Waals surface area contributed by atoms with Crippen molar-refractivity contribution in [3.63, 3.8) is 0 Å². The molecule has 194 valence electrons. The van der Waals surface area contributed by atoms with Crippen molar-refractivity contribution in [3.05, 3.63) is 70.3 Å². The Morgan fingerprint density at radius 2 is 1.89 bits per heavy atom. The van der Waals surface area contributed by atoms with E-state index in [9.17, 15) is 9.18 Å². The van der Waals surface area contributed by atoms with Crippen molar-refractivity contribution in [2.45, 2.75) is 58.0 Å². The number of rotatable bonds is 6. The number of nitrogens with zero attached hydrogens (tertiary/aromatic N) is 2. The number of hydrogen-bond acceptors (Lipinski definition) is 4. The van der Waals surface area contributed by atoms with E-state index < -0.39 is 29.3 Å². The van der Waals surface area contributed by atoms with Gasteiger partial charge in [-0.2, -0.15) is 0 Å². The molecule has 5 nitrogen and oxygen atoms in total. The molecule has 1 fully saturated rings. The monoisotopic (exact) mass is 502 g/mol.